The predicted molar refractivity (Wildman–Crippen MR) is 73.9 cm³/mol. The van der Waals surface area contributed by atoms with Gasteiger partial charge in [0.2, 0.25) is 0 Å². The van der Waals surface area contributed by atoms with Crippen LogP contribution < -0.4 is 5.32 Å². The van der Waals surface area contributed by atoms with Crippen LogP contribution in [0.4, 0.5) is 5.82 Å². The Labute approximate surface area is 107 Å². The van der Waals surface area contributed by atoms with Gasteiger partial charge in [-0.05, 0) is 20.8 Å². The van der Waals surface area contributed by atoms with Crippen LogP contribution in [-0.2, 0) is 4.74 Å². The van der Waals surface area contributed by atoms with E-state index < -0.39 is 0 Å². The average molecular weight is 245 g/mol. The lowest BCUT2D eigenvalue weighted by molar-refractivity contribution is 0.0870. The highest BCUT2D eigenvalue weighted by molar-refractivity contribution is 5.92. The third-order valence-electron chi connectivity index (χ3n) is 2.72. The van der Waals surface area contributed by atoms with Crippen molar-refractivity contribution >= 4 is 16.6 Å². The summed E-state index contributed by atoms with van der Waals surface area (Å²) in [6.45, 7) is 7.44. The molecule has 0 spiro atoms. The minimum atomic E-state index is 0.257. The van der Waals surface area contributed by atoms with Crippen LogP contribution in [0.2, 0.25) is 0 Å². The second kappa shape index (κ2) is 5.78. The van der Waals surface area contributed by atoms with E-state index in [0.29, 0.717) is 6.61 Å². The van der Waals surface area contributed by atoms with Gasteiger partial charge in [0.15, 0.2) is 5.82 Å². The number of benzene rings is 1. The van der Waals surface area contributed by atoms with Crippen molar-refractivity contribution in [2.75, 3.05) is 18.5 Å². The van der Waals surface area contributed by atoms with E-state index in [1.807, 2.05) is 32.9 Å². The molecule has 0 atom stereocenters. The summed E-state index contributed by atoms with van der Waals surface area (Å²) in [6, 6.07) is 8.15. The summed E-state index contributed by atoms with van der Waals surface area (Å²) in [4.78, 5) is 0. The summed E-state index contributed by atoms with van der Waals surface area (Å²) >= 11 is 0. The Morgan fingerprint density at radius 3 is 2.61 bits per heavy atom. The molecule has 1 aromatic carbocycles. The highest BCUT2D eigenvalue weighted by atomic mass is 16.5. The normalized spacial score (nSPS) is 11.1. The van der Waals surface area contributed by atoms with Gasteiger partial charge in [0.25, 0.3) is 0 Å². The van der Waals surface area contributed by atoms with Crippen molar-refractivity contribution in [1.82, 2.24) is 10.2 Å². The van der Waals surface area contributed by atoms with Gasteiger partial charge in [-0.1, -0.05) is 24.3 Å². The highest BCUT2D eigenvalue weighted by Gasteiger charge is 2.05. The second-order valence-electron chi connectivity index (χ2n) is 4.53. The Hall–Kier alpha value is -1.68. The third kappa shape index (κ3) is 2.96. The zero-order chi connectivity index (χ0) is 13.0. The van der Waals surface area contributed by atoms with Crippen LogP contribution in [0, 0.1) is 6.92 Å². The SMILES string of the molecule is Cc1nnc(NCCOC(C)C)c2ccccc12. The van der Waals surface area contributed by atoms with E-state index >= 15 is 0 Å². The smallest absolute Gasteiger partial charge is 0.156 e. The Morgan fingerprint density at radius 2 is 1.89 bits per heavy atom. The van der Waals surface area contributed by atoms with E-state index in [9.17, 15) is 0 Å². The molecule has 1 aromatic heterocycles. The molecule has 4 nitrogen and oxygen atoms in total. The number of aryl methyl sites for hydroxylation is 1. The van der Waals surface area contributed by atoms with Gasteiger partial charge in [-0.25, -0.2) is 0 Å². The Morgan fingerprint density at radius 1 is 1.17 bits per heavy atom. The molecule has 2 rings (SSSR count). The second-order valence-corrected chi connectivity index (χ2v) is 4.53. The largest absolute Gasteiger partial charge is 0.377 e. The zero-order valence-corrected chi connectivity index (χ0v) is 11.1. The minimum absolute atomic E-state index is 0.257. The van der Waals surface area contributed by atoms with Gasteiger partial charge in [-0.15, -0.1) is 5.10 Å². The van der Waals surface area contributed by atoms with Crippen molar-refractivity contribution in [2.24, 2.45) is 0 Å². The zero-order valence-electron chi connectivity index (χ0n) is 11.1. The number of aromatic nitrogens is 2. The van der Waals surface area contributed by atoms with Crippen LogP contribution >= 0.6 is 0 Å². The van der Waals surface area contributed by atoms with Crippen molar-refractivity contribution in [3.05, 3.63) is 30.0 Å². The number of nitrogens with one attached hydrogen (secondary N) is 1. The Bertz CT molecular complexity index is 525. The molecule has 1 N–H and O–H groups in total. The maximum atomic E-state index is 5.49. The van der Waals surface area contributed by atoms with E-state index in [-0.39, 0.29) is 6.10 Å². The number of fused-ring (bicyclic) bond motifs is 1. The molecule has 0 saturated heterocycles. The molecule has 2 aromatic rings. The van der Waals surface area contributed by atoms with E-state index in [4.69, 9.17) is 4.74 Å². The maximum absolute atomic E-state index is 5.49. The molecular formula is C14H19N3O. The van der Waals surface area contributed by atoms with Gasteiger partial charge in [0.1, 0.15) is 0 Å². The average Bonchev–Trinajstić information content (AvgIpc) is 2.37. The third-order valence-corrected chi connectivity index (χ3v) is 2.72. The summed E-state index contributed by atoms with van der Waals surface area (Å²) < 4.78 is 5.49. The highest BCUT2D eigenvalue weighted by Crippen LogP contribution is 2.21. The van der Waals surface area contributed by atoms with Gasteiger partial charge < -0.3 is 10.1 Å². The molecule has 18 heavy (non-hydrogen) atoms. The number of anilines is 1. The Balaban J connectivity index is 2.11. The first kappa shape index (κ1) is 12.8. The van der Waals surface area contributed by atoms with E-state index in [2.05, 4.69) is 27.6 Å². The summed E-state index contributed by atoms with van der Waals surface area (Å²) in [5, 5.41) is 13.9. The van der Waals surface area contributed by atoms with E-state index in [0.717, 1.165) is 28.8 Å². The van der Waals surface area contributed by atoms with E-state index in [1.54, 1.807) is 0 Å². The first-order chi connectivity index (χ1) is 8.68. The van der Waals surface area contributed by atoms with Crippen LogP contribution in [0.5, 0.6) is 0 Å². The van der Waals surface area contributed by atoms with Crippen LogP contribution in [0.25, 0.3) is 10.8 Å². The molecule has 96 valence electrons. The number of rotatable bonds is 5. The molecule has 0 amide bonds. The van der Waals surface area contributed by atoms with Gasteiger partial charge in [0, 0.05) is 17.3 Å². The lowest BCUT2D eigenvalue weighted by atomic mass is 10.1. The summed E-state index contributed by atoms with van der Waals surface area (Å²) in [5.41, 5.74) is 0.953. The molecule has 1 heterocycles. The van der Waals surface area contributed by atoms with Crippen LogP contribution in [0.1, 0.15) is 19.5 Å². The van der Waals surface area contributed by atoms with Crippen LogP contribution in [-0.4, -0.2) is 29.5 Å². The van der Waals surface area contributed by atoms with E-state index in [1.165, 1.54) is 0 Å². The molecular weight excluding hydrogens is 226 g/mol. The van der Waals surface area contributed by atoms with Gasteiger partial charge in [0.05, 0.1) is 18.4 Å². The molecule has 0 unspecified atom stereocenters. The molecule has 0 bridgehead atoms. The summed E-state index contributed by atoms with van der Waals surface area (Å²) in [5.74, 6) is 0.823. The molecule has 0 saturated carbocycles. The van der Waals surface area contributed by atoms with Crippen LogP contribution in [0.3, 0.4) is 0 Å². The summed E-state index contributed by atoms with van der Waals surface area (Å²) in [7, 11) is 0. The fourth-order valence-corrected chi connectivity index (χ4v) is 1.83. The fourth-order valence-electron chi connectivity index (χ4n) is 1.83. The number of hydrogen-bond acceptors (Lipinski definition) is 4. The molecule has 4 heteroatoms. The van der Waals surface area contributed by atoms with Crippen molar-refractivity contribution in [1.29, 1.82) is 0 Å². The topological polar surface area (TPSA) is 47.0 Å². The molecule has 0 radical (unpaired) electrons. The molecule has 0 aliphatic rings. The first-order valence-electron chi connectivity index (χ1n) is 6.26. The number of nitrogens with zero attached hydrogens (tertiary/aromatic N) is 2. The lowest BCUT2D eigenvalue weighted by Gasteiger charge is -2.11. The predicted octanol–water partition coefficient (Wildman–Crippen LogP) is 2.78. The molecule has 0 fully saturated rings. The first-order valence-corrected chi connectivity index (χ1v) is 6.26. The lowest BCUT2D eigenvalue weighted by Crippen LogP contribution is -2.14. The minimum Gasteiger partial charge on any atom is -0.377 e. The van der Waals surface area contributed by atoms with Gasteiger partial charge in [-0.2, -0.15) is 5.10 Å². The van der Waals surface area contributed by atoms with Crippen molar-refractivity contribution in [3.63, 3.8) is 0 Å². The number of hydrogen-bond donors (Lipinski definition) is 1. The van der Waals surface area contributed by atoms with Crippen molar-refractivity contribution in [3.8, 4) is 0 Å². The van der Waals surface area contributed by atoms with Gasteiger partial charge in [-0.3, -0.25) is 0 Å². The molecule has 0 aliphatic heterocycles. The quantitative estimate of drug-likeness (QED) is 0.823. The number of ether oxygens (including phenoxy) is 1. The Kier molecular flexibility index (Phi) is 4.10. The van der Waals surface area contributed by atoms with Crippen LogP contribution in [0.15, 0.2) is 24.3 Å². The standard InChI is InChI=1S/C14H19N3O/c1-10(2)18-9-8-15-14-13-7-5-4-6-12(13)11(3)16-17-14/h4-7,10H,8-9H2,1-3H3,(H,15,17). The monoisotopic (exact) mass is 245 g/mol. The molecule has 0 aliphatic carbocycles. The summed E-state index contributed by atoms with van der Waals surface area (Å²) in [6.07, 6.45) is 0.257. The van der Waals surface area contributed by atoms with Crippen molar-refractivity contribution < 1.29 is 4.74 Å². The van der Waals surface area contributed by atoms with Crippen molar-refractivity contribution in [2.45, 2.75) is 26.9 Å². The maximum Gasteiger partial charge on any atom is 0.156 e. The van der Waals surface area contributed by atoms with Gasteiger partial charge >= 0.3 is 0 Å². The fraction of sp³-hybridized carbons (Fsp3) is 0.429.